The Morgan fingerprint density at radius 2 is 2.00 bits per heavy atom. The molecule has 2 aromatic rings. The Balaban J connectivity index is 2.23. The van der Waals surface area contributed by atoms with Crippen LogP contribution in [0.3, 0.4) is 0 Å². The molecule has 0 bridgehead atoms. The van der Waals surface area contributed by atoms with Gasteiger partial charge in [0.1, 0.15) is 0 Å². The second kappa shape index (κ2) is 5.87. The molecule has 1 aromatic heterocycles. The standard InChI is InChI=1S/C15H18ClNS/c1-10(2)17-9-12-4-5-14(15(16)8-12)13-6-7-18-11(13)3/h4-8,10,17H,9H2,1-3H3. The maximum Gasteiger partial charge on any atom is 0.0488 e. The second-order valence-electron chi connectivity index (χ2n) is 4.74. The Morgan fingerprint density at radius 1 is 1.22 bits per heavy atom. The van der Waals surface area contributed by atoms with Crippen molar-refractivity contribution in [3.63, 3.8) is 0 Å². The first-order valence-electron chi connectivity index (χ1n) is 6.14. The summed E-state index contributed by atoms with van der Waals surface area (Å²) < 4.78 is 0. The van der Waals surface area contributed by atoms with Gasteiger partial charge in [-0.25, -0.2) is 0 Å². The van der Waals surface area contributed by atoms with E-state index in [0.717, 1.165) is 17.1 Å². The monoisotopic (exact) mass is 279 g/mol. The first-order valence-corrected chi connectivity index (χ1v) is 7.40. The third-order valence-corrected chi connectivity index (χ3v) is 4.06. The van der Waals surface area contributed by atoms with Crippen molar-refractivity contribution in [3.05, 3.63) is 45.1 Å². The molecular weight excluding hydrogens is 262 g/mol. The Bertz CT molecular complexity index is 531. The highest BCUT2D eigenvalue weighted by molar-refractivity contribution is 7.10. The number of benzene rings is 1. The van der Waals surface area contributed by atoms with Crippen LogP contribution in [0, 0.1) is 6.92 Å². The van der Waals surface area contributed by atoms with Gasteiger partial charge in [0.05, 0.1) is 0 Å². The molecule has 0 amide bonds. The van der Waals surface area contributed by atoms with Crippen molar-refractivity contribution in [2.45, 2.75) is 33.4 Å². The van der Waals surface area contributed by atoms with Crippen molar-refractivity contribution >= 4 is 22.9 Å². The minimum atomic E-state index is 0.488. The summed E-state index contributed by atoms with van der Waals surface area (Å²) in [4.78, 5) is 1.31. The van der Waals surface area contributed by atoms with Gasteiger partial charge in [-0.15, -0.1) is 11.3 Å². The van der Waals surface area contributed by atoms with Crippen LogP contribution >= 0.6 is 22.9 Å². The molecule has 1 aromatic carbocycles. The maximum absolute atomic E-state index is 6.38. The van der Waals surface area contributed by atoms with E-state index in [1.165, 1.54) is 16.0 Å². The summed E-state index contributed by atoms with van der Waals surface area (Å²) in [6, 6.07) is 8.95. The number of nitrogens with one attached hydrogen (secondary N) is 1. The van der Waals surface area contributed by atoms with Crippen LogP contribution in [0.2, 0.25) is 5.02 Å². The molecule has 1 N–H and O–H groups in total. The first kappa shape index (κ1) is 13.6. The molecule has 0 spiro atoms. The number of thiophene rings is 1. The van der Waals surface area contributed by atoms with Crippen molar-refractivity contribution in [3.8, 4) is 11.1 Å². The quantitative estimate of drug-likeness (QED) is 0.841. The number of hydrogen-bond acceptors (Lipinski definition) is 2. The van der Waals surface area contributed by atoms with Gasteiger partial charge in [0.15, 0.2) is 0 Å². The second-order valence-corrected chi connectivity index (χ2v) is 6.27. The van der Waals surface area contributed by atoms with E-state index in [-0.39, 0.29) is 0 Å². The molecular formula is C15H18ClNS. The first-order chi connectivity index (χ1) is 8.58. The average molecular weight is 280 g/mol. The molecule has 0 unspecified atom stereocenters. The van der Waals surface area contributed by atoms with Crippen molar-refractivity contribution in [1.82, 2.24) is 5.32 Å². The highest BCUT2D eigenvalue weighted by Gasteiger charge is 2.08. The van der Waals surface area contributed by atoms with Gasteiger partial charge in [0, 0.05) is 28.0 Å². The maximum atomic E-state index is 6.38. The van der Waals surface area contributed by atoms with E-state index in [4.69, 9.17) is 11.6 Å². The van der Waals surface area contributed by atoms with Crippen molar-refractivity contribution < 1.29 is 0 Å². The fourth-order valence-electron chi connectivity index (χ4n) is 1.87. The molecule has 96 valence electrons. The molecule has 0 saturated heterocycles. The van der Waals surface area contributed by atoms with Gasteiger partial charge in [-0.3, -0.25) is 0 Å². The van der Waals surface area contributed by atoms with E-state index < -0.39 is 0 Å². The Labute approximate surface area is 118 Å². The summed E-state index contributed by atoms with van der Waals surface area (Å²) in [5, 5.41) is 6.34. The molecule has 1 heterocycles. The van der Waals surface area contributed by atoms with Crippen molar-refractivity contribution in [1.29, 1.82) is 0 Å². The highest BCUT2D eigenvalue weighted by atomic mass is 35.5. The van der Waals surface area contributed by atoms with Crippen LogP contribution < -0.4 is 5.32 Å². The molecule has 0 radical (unpaired) electrons. The fraction of sp³-hybridized carbons (Fsp3) is 0.333. The molecule has 2 rings (SSSR count). The Kier molecular flexibility index (Phi) is 4.44. The van der Waals surface area contributed by atoms with Gasteiger partial charge < -0.3 is 5.32 Å². The molecule has 0 saturated carbocycles. The lowest BCUT2D eigenvalue weighted by Gasteiger charge is -2.10. The smallest absolute Gasteiger partial charge is 0.0488 e. The lowest BCUT2D eigenvalue weighted by Crippen LogP contribution is -2.21. The van der Waals surface area contributed by atoms with Gasteiger partial charge in [-0.2, -0.15) is 0 Å². The molecule has 0 atom stereocenters. The van der Waals surface area contributed by atoms with Crippen LogP contribution in [0.25, 0.3) is 11.1 Å². The van der Waals surface area contributed by atoms with Gasteiger partial charge in [0.25, 0.3) is 0 Å². The molecule has 0 aliphatic heterocycles. The molecule has 1 nitrogen and oxygen atoms in total. The SMILES string of the molecule is Cc1sccc1-c1ccc(CNC(C)C)cc1Cl. The van der Waals surface area contributed by atoms with E-state index >= 15 is 0 Å². The van der Waals surface area contributed by atoms with E-state index in [1.54, 1.807) is 11.3 Å². The van der Waals surface area contributed by atoms with E-state index in [9.17, 15) is 0 Å². The lowest BCUT2D eigenvalue weighted by molar-refractivity contribution is 0.589. The molecule has 0 fully saturated rings. The van der Waals surface area contributed by atoms with Gasteiger partial charge in [0.2, 0.25) is 0 Å². The molecule has 3 heteroatoms. The normalized spacial score (nSPS) is 11.2. The lowest BCUT2D eigenvalue weighted by atomic mass is 10.0. The summed E-state index contributed by atoms with van der Waals surface area (Å²) in [6.45, 7) is 7.28. The van der Waals surface area contributed by atoms with Gasteiger partial charge in [-0.1, -0.05) is 37.6 Å². The van der Waals surface area contributed by atoms with Crippen molar-refractivity contribution in [2.75, 3.05) is 0 Å². The van der Waals surface area contributed by atoms with Crippen LogP contribution in [0.5, 0.6) is 0 Å². The molecule has 0 aliphatic rings. The largest absolute Gasteiger partial charge is 0.310 e. The predicted molar refractivity (Wildman–Crippen MR) is 81.5 cm³/mol. The topological polar surface area (TPSA) is 12.0 Å². The summed E-state index contributed by atoms with van der Waals surface area (Å²) in [6.07, 6.45) is 0. The minimum absolute atomic E-state index is 0.488. The van der Waals surface area contributed by atoms with E-state index in [2.05, 4.69) is 55.7 Å². The van der Waals surface area contributed by atoms with Crippen LogP contribution in [-0.4, -0.2) is 6.04 Å². The number of rotatable bonds is 4. The van der Waals surface area contributed by atoms with E-state index in [0.29, 0.717) is 6.04 Å². The summed E-state index contributed by atoms with van der Waals surface area (Å²) in [5.41, 5.74) is 3.60. The Hall–Kier alpha value is -0.830. The fourth-order valence-corrected chi connectivity index (χ4v) is 2.89. The van der Waals surface area contributed by atoms with Gasteiger partial charge in [-0.05, 0) is 35.6 Å². The molecule has 0 aliphatic carbocycles. The van der Waals surface area contributed by atoms with Crippen molar-refractivity contribution in [2.24, 2.45) is 0 Å². The number of halogens is 1. The third kappa shape index (κ3) is 3.14. The summed E-state index contributed by atoms with van der Waals surface area (Å²) >= 11 is 8.14. The zero-order valence-corrected chi connectivity index (χ0v) is 12.5. The van der Waals surface area contributed by atoms with Crippen LogP contribution in [0.4, 0.5) is 0 Å². The number of hydrogen-bond donors (Lipinski definition) is 1. The van der Waals surface area contributed by atoms with E-state index in [1.807, 2.05) is 0 Å². The van der Waals surface area contributed by atoms with Crippen LogP contribution in [0.1, 0.15) is 24.3 Å². The average Bonchev–Trinajstić information content (AvgIpc) is 2.73. The zero-order valence-electron chi connectivity index (χ0n) is 11.0. The van der Waals surface area contributed by atoms with Crippen LogP contribution in [0.15, 0.2) is 29.6 Å². The zero-order chi connectivity index (χ0) is 13.1. The minimum Gasteiger partial charge on any atom is -0.310 e. The highest BCUT2D eigenvalue weighted by Crippen LogP contribution is 2.33. The predicted octanol–water partition coefficient (Wildman–Crippen LogP) is 4.87. The van der Waals surface area contributed by atoms with Gasteiger partial charge >= 0.3 is 0 Å². The number of aryl methyl sites for hydroxylation is 1. The summed E-state index contributed by atoms with van der Waals surface area (Å²) in [7, 11) is 0. The van der Waals surface area contributed by atoms with Crippen LogP contribution in [-0.2, 0) is 6.54 Å². The third-order valence-electron chi connectivity index (χ3n) is 2.90. The molecule has 18 heavy (non-hydrogen) atoms. The Morgan fingerprint density at radius 3 is 2.56 bits per heavy atom. The summed E-state index contributed by atoms with van der Waals surface area (Å²) in [5.74, 6) is 0.